The molecule has 1 unspecified atom stereocenters. The highest BCUT2D eigenvalue weighted by atomic mass is 16.5. The van der Waals surface area contributed by atoms with Gasteiger partial charge in [-0.2, -0.15) is 0 Å². The SMILES string of the molecule is CC[C@H](C(=O)NO)[C@@H](CC(C)C)C(=O)NC(CC1CCCCC1)C(=O)OC1CCCC1. The van der Waals surface area contributed by atoms with Gasteiger partial charge >= 0.3 is 5.97 Å². The third-order valence-electron chi connectivity index (χ3n) is 6.91. The molecule has 0 saturated heterocycles. The van der Waals surface area contributed by atoms with Crippen LogP contribution in [0.15, 0.2) is 0 Å². The first-order valence-corrected chi connectivity index (χ1v) is 12.3. The molecule has 2 saturated carbocycles. The van der Waals surface area contributed by atoms with E-state index in [1.54, 1.807) is 5.48 Å². The summed E-state index contributed by atoms with van der Waals surface area (Å²) in [7, 11) is 0. The molecule has 0 heterocycles. The fraction of sp³-hybridized carbons (Fsp3) is 0.875. The Bertz CT molecular complexity index is 583. The molecular formula is C24H42N2O5. The average molecular weight is 439 g/mol. The van der Waals surface area contributed by atoms with Crippen molar-refractivity contribution in [3.63, 3.8) is 0 Å². The monoisotopic (exact) mass is 438 g/mol. The molecule has 0 radical (unpaired) electrons. The molecule has 0 aliphatic heterocycles. The number of amides is 2. The van der Waals surface area contributed by atoms with Crippen LogP contribution >= 0.6 is 0 Å². The van der Waals surface area contributed by atoms with E-state index in [0.717, 1.165) is 51.4 Å². The zero-order valence-electron chi connectivity index (χ0n) is 19.5. The van der Waals surface area contributed by atoms with Gasteiger partial charge in [0, 0.05) is 5.92 Å². The number of nitrogens with one attached hydrogen (secondary N) is 2. The maximum Gasteiger partial charge on any atom is 0.328 e. The van der Waals surface area contributed by atoms with E-state index >= 15 is 0 Å². The molecule has 0 aromatic heterocycles. The first-order chi connectivity index (χ1) is 14.8. The largest absolute Gasteiger partial charge is 0.461 e. The number of esters is 1. The number of carbonyl (C=O) groups is 3. The molecule has 2 aliphatic carbocycles. The van der Waals surface area contributed by atoms with E-state index in [1.807, 2.05) is 20.8 Å². The summed E-state index contributed by atoms with van der Waals surface area (Å²) in [5.41, 5.74) is 1.70. The lowest BCUT2D eigenvalue weighted by molar-refractivity contribution is -0.154. The van der Waals surface area contributed by atoms with Crippen LogP contribution in [-0.4, -0.2) is 35.1 Å². The van der Waals surface area contributed by atoms with Crippen molar-refractivity contribution in [3.05, 3.63) is 0 Å². The minimum Gasteiger partial charge on any atom is -0.461 e. The van der Waals surface area contributed by atoms with Crippen molar-refractivity contribution < 1.29 is 24.3 Å². The molecule has 0 bridgehead atoms. The van der Waals surface area contributed by atoms with Crippen LogP contribution in [-0.2, 0) is 19.1 Å². The first kappa shape index (κ1) is 25.6. The summed E-state index contributed by atoms with van der Waals surface area (Å²) in [5, 5.41) is 12.1. The molecule has 2 amide bonds. The van der Waals surface area contributed by atoms with Gasteiger partial charge in [-0.25, -0.2) is 10.3 Å². The highest BCUT2D eigenvalue weighted by Gasteiger charge is 2.36. The minimum atomic E-state index is -0.680. The Morgan fingerprint density at radius 3 is 2.10 bits per heavy atom. The van der Waals surface area contributed by atoms with E-state index < -0.39 is 23.8 Å². The van der Waals surface area contributed by atoms with Crippen LogP contribution in [0.3, 0.4) is 0 Å². The molecular weight excluding hydrogens is 396 g/mol. The molecule has 0 aromatic carbocycles. The minimum absolute atomic E-state index is 0.0479. The molecule has 178 valence electrons. The van der Waals surface area contributed by atoms with Crippen LogP contribution in [0.1, 0.15) is 97.8 Å². The van der Waals surface area contributed by atoms with E-state index in [9.17, 15) is 14.4 Å². The number of rotatable bonds is 11. The van der Waals surface area contributed by atoms with Gasteiger partial charge in [-0.3, -0.25) is 14.8 Å². The number of ether oxygens (including phenoxy) is 1. The molecule has 3 atom stereocenters. The average Bonchev–Trinajstić information content (AvgIpc) is 3.26. The van der Waals surface area contributed by atoms with E-state index in [2.05, 4.69) is 5.32 Å². The Balaban J connectivity index is 2.14. The summed E-state index contributed by atoms with van der Waals surface area (Å²) in [5.74, 6) is -1.85. The molecule has 31 heavy (non-hydrogen) atoms. The molecule has 7 heteroatoms. The summed E-state index contributed by atoms with van der Waals surface area (Å²) in [6, 6.07) is -0.680. The lowest BCUT2D eigenvalue weighted by Gasteiger charge is -2.30. The predicted molar refractivity (Wildman–Crippen MR) is 118 cm³/mol. The molecule has 2 aliphatic rings. The second kappa shape index (κ2) is 13.0. The molecule has 2 fully saturated rings. The van der Waals surface area contributed by atoms with Gasteiger partial charge in [0.1, 0.15) is 12.1 Å². The molecule has 7 nitrogen and oxygen atoms in total. The Morgan fingerprint density at radius 1 is 0.935 bits per heavy atom. The highest BCUT2D eigenvalue weighted by molar-refractivity contribution is 5.90. The smallest absolute Gasteiger partial charge is 0.328 e. The van der Waals surface area contributed by atoms with Gasteiger partial charge < -0.3 is 10.1 Å². The van der Waals surface area contributed by atoms with E-state index in [4.69, 9.17) is 9.94 Å². The van der Waals surface area contributed by atoms with Crippen molar-refractivity contribution in [1.29, 1.82) is 0 Å². The highest BCUT2D eigenvalue weighted by Crippen LogP contribution is 2.30. The second-order valence-corrected chi connectivity index (χ2v) is 9.87. The molecule has 0 spiro atoms. The summed E-state index contributed by atoms with van der Waals surface area (Å²) in [4.78, 5) is 38.5. The van der Waals surface area contributed by atoms with Gasteiger partial charge in [0.2, 0.25) is 11.8 Å². The first-order valence-electron chi connectivity index (χ1n) is 12.3. The van der Waals surface area contributed by atoms with Crippen molar-refractivity contribution in [2.24, 2.45) is 23.7 Å². The molecule has 0 aromatic rings. The van der Waals surface area contributed by atoms with Crippen molar-refractivity contribution >= 4 is 17.8 Å². The maximum absolute atomic E-state index is 13.3. The predicted octanol–water partition coefficient (Wildman–Crippen LogP) is 4.12. The number of hydrogen-bond acceptors (Lipinski definition) is 5. The topological polar surface area (TPSA) is 105 Å². The van der Waals surface area contributed by atoms with Crippen molar-refractivity contribution in [3.8, 4) is 0 Å². The lowest BCUT2D eigenvalue weighted by atomic mass is 9.81. The van der Waals surface area contributed by atoms with Gasteiger partial charge in [-0.1, -0.05) is 52.9 Å². The van der Waals surface area contributed by atoms with Gasteiger partial charge in [-0.05, 0) is 56.8 Å². The fourth-order valence-electron chi connectivity index (χ4n) is 5.20. The van der Waals surface area contributed by atoms with Gasteiger partial charge in [0.25, 0.3) is 0 Å². The Morgan fingerprint density at radius 2 is 1.55 bits per heavy atom. The number of hydrogen-bond donors (Lipinski definition) is 3. The Kier molecular flexibility index (Phi) is 10.8. The summed E-state index contributed by atoms with van der Waals surface area (Å²) in [6.07, 6.45) is 11.1. The third kappa shape index (κ3) is 8.09. The van der Waals surface area contributed by atoms with Crippen molar-refractivity contribution in [2.45, 2.75) is 110 Å². The fourth-order valence-corrected chi connectivity index (χ4v) is 5.20. The third-order valence-corrected chi connectivity index (χ3v) is 6.91. The van der Waals surface area contributed by atoms with Gasteiger partial charge in [0.05, 0.1) is 5.92 Å². The van der Waals surface area contributed by atoms with E-state index in [0.29, 0.717) is 25.2 Å². The molecule has 2 rings (SSSR count). The molecule has 3 N–H and O–H groups in total. The van der Waals surface area contributed by atoms with E-state index in [1.165, 1.54) is 6.42 Å². The van der Waals surface area contributed by atoms with Crippen LogP contribution in [0.2, 0.25) is 0 Å². The maximum atomic E-state index is 13.3. The summed E-state index contributed by atoms with van der Waals surface area (Å²) < 4.78 is 5.76. The zero-order valence-corrected chi connectivity index (χ0v) is 19.5. The Hall–Kier alpha value is -1.63. The van der Waals surface area contributed by atoms with Crippen LogP contribution in [0.25, 0.3) is 0 Å². The quantitative estimate of drug-likeness (QED) is 0.256. The van der Waals surface area contributed by atoms with Gasteiger partial charge in [0.15, 0.2) is 0 Å². The van der Waals surface area contributed by atoms with Crippen LogP contribution in [0, 0.1) is 23.7 Å². The van der Waals surface area contributed by atoms with Crippen LogP contribution < -0.4 is 10.8 Å². The van der Waals surface area contributed by atoms with Crippen LogP contribution in [0.5, 0.6) is 0 Å². The van der Waals surface area contributed by atoms with Crippen molar-refractivity contribution in [2.75, 3.05) is 0 Å². The van der Waals surface area contributed by atoms with Crippen molar-refractivity contribution in [1.82, 2.24) is 10.8 Å². The standard InChI is InChI=1S/C24H42N2O5/c1-4-19(23(28)26-30)20(14-16(2)3)22(27)25-21(15-17-10-6-5-7-11-17)24(29)31-18-12-8-9-13-18/h16-21,30H,4-15H2,1-3H3,(H,25,27)(H,26,28)/t19-,20+,21?/m0/s1. The Labute approximate surface area is 187 Å². The number of carbonyl (C=O) groups excluding carboxylic acids is 3. The number of hydroxylamine groups is 1. The normalized spacial score (nSPS) is 20.8. The summed E-state index contributed by atoms with van der Waals surface area (Å²) in [6.45, 7) is 5.82. The second-order valence-electron chi connectivity index (χ2n) is 9.87. The van der Waals surface area contributed by atoms with E-state index in [-0.39, 0.29) is 23.9 Å². The zero-order chi connectivity index (χ0) is 22.8. The van der Waals surface area contributed by atoms with Crippen LogP contribution in [0.4, 0.5) is 0 Å². The lowest BCUT2D eigenvalue weighted by Crippen LogP contribution is -2.49. The van der Waals surface area contributed by atoms with Gasteiger partial charge in [-0.15, -0.1) is 0 Å². The summed E-state index contributed by atoms with van der Waals surface area (Å²) >= 11 is 0.